The highest BCUT2D eigenvalue weighted by Crippen LogP contribution is 2.29. The smallest absolute Gasteiger partial charge is 0.248 e. The fourth-order valence-corrected chi connectivity index (χ4v) is 4.09. The molecule has 0 aliphatic rings. The van der Waals surface area contributed by atoms with Crippen molar-refractivity contribution in [2.75, 3.05) is 25.5 Å². The Labute approximate surface area is 164 Å². The second-order valence-corrected chi connectivity index (χ2v) is 7.73. The number of amides is 1. The minimum Gasteiger partial charge on any atom is -0.495 e. The zero-order chi connectivity index (χ0) is 20.7. The molecular weight excluding hydrogens is 383 g/mol. The van der Waals surface area contributed by atoms with Gasteiger partial charge in [-0.1, -0.05) is 32.0 Å². The van der Waals surface area contributed by atoms with Crippen LogP contribution in [0.5, 0.6) is 5.75 Å². The van der Waals surface area contributed by atoms with E-state index in [2.05, 4.69) is 5.32 Å². The largest absolute Gasteiger partial charge is 0.495 e. The molecular formula is C20H23FN2O4S. The monoisotopic (exact) mass is 406 g/mol. The van der Waals surface area contributed by atoms with Crippen molar-refractivity contribution >= 4 is 27.7 Å². The maximum absolute atomic E-state index is 13.6. The third kappa shape index (κ3) is 4.96. The summed E-state index contributed by atoms with van der Waals surface area (Å²) in [5.74, 6) is -0.679. The van der Waals surface area contributed by atoms with Crippen molar-refractivity contribution in [3.63, 3.8) is 0 Å². The van der Waals surface area contributed by atoms with E-state index in [9.17, 15) is 17.6 Å². The van der Waals surface area contributed by atoms with Gasteiger partial charge in [0, 0.05) is 24.7 Å². The quantitative estimate of drug-likeness (QED) is 0.681. The van der Waals surface area contributed by atoms with Gasteiger partial charge in [-0.05, 0) is 30.3 Å². The van der Waals surface area contributed by atoms with Gasteiger partial charge >= 0.3 is 0 Å². The fourth-order valence-electron chi connectivity index (χ4n) is 2.61. The van der Waals surface area contributed by atoms with Crippen LogP contribution in [0.4, 0.5) is 10.1 Å². The molecule has 0 aliphatic carbocycles. The molecule has 0 aromatic heterocycles. The number of nitrogens with zero attached hydrogens (tertiary/aromatic N) is 1. The van der Waals surface area contributed by atoms with Gasteiger partial charge in [-0.2, -0.15) is 4.31 Å². The minimum atomic E-state index is -3.69. The molecule has 0 radical (unpaired) electrons. The van der Waals surface area contributed by atoms with Gasteiger partial charge in [0.1, 0.15) is 11.6 Å². The van der Waals surface area contributed by atoms with Crippen molar-refractivity contribution in [1.82, 2.24) is 4.31 Å². The van der Waals surface area contributed by atoms with Crippen LogP contribution in [0, 0.1) is 5.82 Å². The third-order valence-corrected chi connectivity index (χ3v) is 6.14. The topological polar surface area (TPSA) is 75.7 Å². The van der Waals surface area contributed by atoms with Gasteiger partial charge in [0.05, 0.1) is 17.7 Å². The standard InChI is InChI=1S/C20H23FN2O4S/c1-4-23(5-2)28(25,26)16-11-12-19(27-3)18(14-16)22-20(24)13-10-15-8-6-7-9-17(15)21/h6-14H,4-5H2,1-3H3,(H,22,24)/b13-10+. The van der Waals surface area contributed by atoms with Gasteiger partial charge in [-0.15, -0.1) is 0 Å². The number of hydrogen-bond donors (Lipinski definition) is 1. The van der Waals surface area contributed by atoms with Crippen molar-refractivity contribution in [1.29, 1.82) is 0 Å². The second-order valence-electron chi connectivity index (χ2n) is 5.80. The molecule has 0 unspecified atom stereocenters. The number of hydrogen-bond acceptors (Lipinski definition) is 4. The maximum atomic E-state index is 13.6. The lowest BCUT2D eigenvalue weighted by atomic mass is 10.2. The molecule has 2 rings (SSSR count). The van der Waals surface area contributed by atoms with Crippen LogP contribution in [-0.4, -0.2) is 38.8 Å². The van der Waals surface area contributed by atoms with Gasteiger partial charge in [-0.3, -0.25) is 4.79 Å². The Hall–Kier alpha value is -2.71. The maximum Gasteiger partial charge on any atom is 0.248 e. The third-order valence-electron chi connectivity index (χ3n) is 4.09. The normalized spacial score (nSPS) is 11.8. The number of rotatable bonds is 8. The van der Waals surface area contributed by atoms with Gasteiger partial charge in [0.25, 0.3) is 0 Å². The van der Waals surface area contributed by atoms with E-state index in [4.69, 9.17) is 4.74 Å². The average molecular weight is 406 g/mol. The zero-order valence-electron chi connectivity index (χ0n) is 16.0. The highest BCUT2D eigenvalue weighted by Gasteiger charge is 2.23. The first kappa shape index (κ1) is 21.6. The lowest BCUT2D eigenvalue weighted by Crippen LogP contribution is -2.30. The summed E-state index contributed by atoms with van der Waals surface area (Å²) in [6, 6.07) is 10.3. The first-order valence-corrected chi connectivity index (χ1v) is 10.2. The number of nitrogens with one attached hydrogen (secondary N) is 1. The van der Waals surface area contributed by atoms with Crippen LogP contribution in [0.25, 0.3) is 6.08 Å². The summed E-state index contributed by atoms with van der Waals surface area (Å²) in [6.07, 6.45) is 2.51. The number of carbonyl (C=O) groups excluding carboxylic acids is 1. The molecule has 150 valence electrons. The van der Waals surface area contributed by atoms with Crippen LogP contribution < -0.4 is 10.1 Å². The van der Waals surface area contributed by atoms with E-state index in [0.29, 0.717) is 18.8 Å². The molecule has 6 nitrogen and oxygen atoms in total. The highest BCUT2D eigenvalue weighted by atomic mass is 32.2. The Morgan fingerprint density at radius 2 is 1.86 bits per heavy atom. The minimum absolute atomic E-state index is 0.0467. The van der Waals surface area contributed by atoms with Gasteiger partial charge < -0.3 is 10.1 Å². The number of benzene rings is 2. The summed E-state index contributed by atoms with van der Waals surface area (Å²) in [6.45, 7) is 4.16. The number of sulfonamides is 1. The van der Waals surface area contributed by atoms with E-state index in [1.807, 2.05) is 0 Å². The molecule has 1 N–H and O–H groups in total. The number of methoxy groups -OCH3 is 1. The second kappa shape index (κ2) is 9.48. The Balaban J connectivity index is 2.29. The van der Waals surface area contributed by atoms with Crippen molar-refractivity contribution < 1.29 is 22.3 Å². The lowest BCUT2D eigenvalue weighted by molar-refractivity contribution is -0.111. The summed E-state index contributed by atoms with van der Waals surface area (Å²) < 4.78 is 45.6. The Morgan fingerprint density at radius 1 is 1.18 bits per heavy atom. The molecule has 0 spiro atoms. The van der Waals surface area contributed by atoms with E-state index in [1.54, 1.807) is 26.0 Å². The van der Waals surface area contributed by atoms with Gasteiger partial charge in [-0.25, -0.2) is 12.8 Å². The summed E-state index contributed by atoms with van der Waals surface area (Å²) in [4.78, 5) is 12.3. The van der Waals surface area contributed by atoms with Crippen LogP contribution >= 0.6 is 0 Å². The number of halogens is 1. The fraction of sp³-hybridized carbons (Fsp3) is 0.250. The van der Waals surface area contributed by atoms with E-state index >= 15 is 0 Å². The number of carbonyl (C=O) groups is 1. The zero-order valence-corrected chi connectivity index (χ0v) is 16.8. The van der Waals surface area contributed by atoms with Crippen molar-refractivity contribution in [2.24, 2.45) is 0 Å². The predicted molar refractivity (Wildman–Crippen MR) is 107 cm³/mol. The Kier molecular flexibility index (Phi) is 7.31. The average Bonchev–Trinajstić information content (AvgIpc) is 2.68. The van der Waals surface area contributed by atoms with Crippen molar-refractivity contribution in [3.05, 3.63) is 59.9 Å². The van der Waals surface area contributed by atoms with Crippen molar-refractivity contribution in [3.8, 4) is 5.75 Å². The van der Waals surface area contributed by atoms with E-state index < -0.39 is 21.7 Å². The van der Waals surface area contributed by atoms with Crippen molar-refractivity contribution in [2.45, 2.75) is 18.7 Å². The van der Waals surface area contributed by atoms with Crippen LogP contribution in [0.15, 0.2) is 53.4 Å². The van der Waals surface area contributed by atoms with Gasteiger partial charge in [0.2, 0.25) is 15.9 Å². The molecule has 2 aromatic carbocycles. The molecule has 0 bridgehead atoms. The summed E-state index contributed by atoms with van der Waals surface area (Å²) in [5.41, 5.74) is 0.474. The highest BCUT2D eigenvalue weighted by molar-refractivity contribution is 7.89. The van der Waals surface area contributed by atoms with Crippen LogP contribution in [0.2, 0.25) is 0 Å². The van der Waals surface area contributed by atoms with Crippen LogP contribution in [0.1, 0.15) is 19.4 Å². The molecule has 8 heteroatoms. The first-order chi connectivity index (χ1) is 13.3. The molecule has 2 aromatic rings. The molecule has 0 aliphatic heterocycles. The van der Waals surface area contributed by atoms with E-state index in [1.165, 1.54) is 53.9 Å². The van der Waals surface area contributed by atoms with Crippen LogP contribution in [0.3, 0.4) is 0 Å². The van der Waals surface area contributed by atoms with E-state index in [-0.39, 0.29) is 16.1 Å². The SMILES string of the molecule is CCN(CC)S(=O)(=O)c1ccc(OC)c(NC(=O)/C=C/c2ccccc2F)c1. The predicted octanol–water partition coefficient (Wildman–Crippen LogP) is 3.52. The summed E-state index contributed by atoms with van der Waals surface area (Å²) in [5, 5.41) is 2.58. The Bertz CT molecular complexity index is 970. The van der Waals surface area contributed by atoms with Crippen LogP contribution in [-0.2, 0) is 14.8 Å². The van der Waals surface area contributed by atoms with Gasteiger partial charge in [0.15, 0.2) is 0 Å². The van der Waals surface area contributed by atoms with E-state index in [0.717, 1.165) is 0 Å². The first-order valence-electron chi connectivity index (χ1n) is 8.75. The molecule has 28 heavy (non-hydrogen) atoms. The lowest BCUT2D eigenvalue weighted by Gasteiger charge is -2.19. The number of anilines is 1. The molecule has 0 heterocycles. The molecule has 0 saturated heterocycles. The molecule has 1 amide bonds. The summed E-state index contributed by atoms with van der Waals surface area (Å²) in [7, 11) is -2.27. The summed E-state index contributed by atoms with van der Waals surface area (Å²) >= 11 is 0. The Morgan fingerprint density at radius 3 is 2.46 bits per heavy atom. The molecule has 0 atom stereocenters. The number of ether oxygens (including phenoxy) is 1. The molecule has 0 fully saturated rings. The molecule has 0 saturated carbocycles.